The van der Waals surface area contributed by atoms with Crippen molar-refractivity contribution in [3.8, 4) is 69.0 Å². The molecule has 0 aliphatic carbocycles. The van der Waals surface area contributed by atoms with Crippen molar-refractivity contribution < 1.29 is 110 Å². The zero-order valence-electron chi connectivity index (χ0n) is 28.5. The number of hydrogen-bond donors (Lipinski definition) is 16. The lowest BCUT2D eigenvalue weighted by atomic mass is 9.53. The van der Waals surface area contributed by atoms with E-state index in [1.807, 2.05) is 0 Å². The van der Waals surface area contributed by atoms with Crippen LogP contribution in [0.3, 0.4) is 0 Å². The van der Waals surface area contributed by atoms with Gasteiger partial charge >= 0.3 is 0 Å². The van der Waals surface area contributed by atoms with Crippen LogP contribution < -0.4 is 0 Å². The summed E-state index contributed by atoms with van der Waals surface area (Å²) < 4.78 is 10.6. The first-order valence-electron chi connectivity index (χ1n) is 15.6. The topological polar surface area (TPSA) is 410 Å². The van der Waals surface area contributed by atoms with Crippen LogP contribution in [0.5, 0.6) is 69.0 Å². The quantitative estimate of drug-likeness (QED) is 0.0669. The third kappa shape index (κ3) is 5.50. The number of Topliss-reactive ketones (excluding diaryl/α,β-unsaturated/α-hetero) is 4. The van der Waals surface area contributed by atoms with E-state index in [9.17, 15) is 101 Å². The summed E-state index contributed by atoms with van der Waals surface area (Å²) >= 11 is 0. The first-order valence-corrected chi connectivity index (χ1v) is 15.6. The number of ether oxygens (including phenoxy) is 2. The van der Waals surface area contributed by atoms with Crippen LogP contribution in [0.2, 0.25) is 0 Å². The highest BCUT2D eigenvalue weighted by Crippen LogP contribution is 2.56. The molecule has 0 saturated carbocycles. The lowest BCUT2D eigenvalue weighted by Crippen LogP contribution is -2.91. The summed E-state index contributed by atoms with van der Waals surface area (Å²) in [5.41, 5.74) is -23.5. The predicted octanol–water partition coefficient (Wildman–Crippen LogP) is -1.09. The molecule has 1 saturated heterocycles. The summed E-state index contributed by atoms with van der Waals surface area (Å²) in [6.45, 7) is -2.17. The van der Waals surface area contributed by atoms with E-state index in [1.165, 1.54) is 0 Å². The number of aromatic hydroxyl groups is 12. The Kier molecular flexibility index (Phi) is 9.80. The fraction of sp³-hybridized carbons (Fsp3) is 0.200. The molecule has 22 nitrogen and oxygen atoms in total. The summed E-state index contributed by atoms with van der Waals surface area (Å²) in [4.78, 5) is 59.1. The number of phenols is 12. The summed E-state index contributed by atoms with van der Waals surface area (Å²) in [5, 5.41) is 172. The third-order valence-electron chi connectivity index (χ3n) is 9.44. The summed E-state index contributed by atoms with van der Waals surface area (Å²) in [5.74, 6) is -25.0. The number of rotatable bonds is 10. The molecule has 302 valence electrons. The molecule has 4 aromatic rings. The normalized spacial score (nSPS) is 24.5. The van der Waals surface area contributed by atoms with Gasteiger partial charge in [-0.1, -0.05) is 0 Å². The molecule has 4 aromatic carbocycles. The Bertz CT molecular complexity index is 2300. The van der Waals surface area contributed by atoms with Gasteiger partial charge in [0, 0.05) is 29.4 Å². The van der Waals surface area contributed by atoms with Gasteiger partial charge in [-0.2, -0.15) is 0 Å². The number of aliphatic hydroxyl groups excluding tert-OH is 1. The molecule has 5 atom stereocenters. The van der Waals surface area contributed by atoms with E-state index >= 15 is 0 Å². The van der Waals surface area contributed by atoms with Crippen molar-refractivity contribution in [2.45, 2.75) is 28.7 Å². The maximum Gasteiger partial charge on any atom is 0.218 e. The number of carbonyl (C=O) groups excluding carboxylic acids is 4. The molecular formula is C35H30O22. The molecule has 1 fully saturated rings. The molecule has 0 aromatic heterocycles. The minimum Gasteiger partial charge on any atom is -0.504 e. The van der Waals surface area contributed by atoms with Crippen molar-refractivity contribution in [1.29, 1.82) is 0 Å². The SMILES string of the molecule is CO[C@H]1OC(CO)(C(=O)c2cc(O)c(O)c(O)c2)[C@@](O)(C(=O)c2cc(O)c(O)c(O)c2)[C@](O)(C(=O)c2cc(O)c(O)c(O)c2)[C@@]1(O)C(=O)c1cc(O)c(O)c(O)c1. The first kappa shape index (κ1) is 41.1. The van der Waals surface area contributed by atoms with E-state index in [0.717, 1.165) is 0 Å². The van der Waals surface area contributed by atoms with Crippen molar-refractivity contribution in [2.24, 2.45) is 0 Å². The maximum absolute atomic E-state index is 14.9. The zero-order chi connectivity index (χ0) is 42.9. The zero-order valence-corrected chi connectivity index (χ0v) is 28.5. The van der Waals surface area contributed by atoms with E-state index in [1.54, 1.807) is 0 Å². The first-order chi connectivity index (χ1) is 26.4. The summed E-state index contributed by atoms with van der Waals surface area (Å²) in [6.07, 6.45) is -3.15. The number of benzene rings is 4. The molecule has 1 aliphatic rings. The minimum absolute atomic E-state index is 0.220. The minimum atomic E-state index is -4.94. The average molecular weight is 803 g/mol. The lowest BCUT2D eigenvalue weighted by molar-refractivity contribution is -0.372. The van der Waals surface area contributed by atoms with Gasteiger partial charge in [0.25, 0.3) is 0 Å². The Hall–Kier alpha value is -7.08. The number of phenolic OH excluding ortho intramolecular Hbond substituents is 12. The van der Waals surface area contributed by atoms with E-state index in [2.05, 4.69) is 0 Å². The number of hydrogen-bond acceptors (Lipinski definition) is 22. The van der Waals surface area contributed by atoms with Gasteiger partial charge in [0.05, 0.1) is 6.61 Å². The van der Waals surface area contributed by atoms with E-state index in [0.29, 0.717) is 31.4 Å². The molecule has 0 bridgehead atoms. The van der Waals surface area contributed by atoms with Crippen molar-refractivity contribution in [1.82, 2.24) is 0 Å². The fourth-order valence-electron chi connectivity index (χ4n) is 6.52. The highest BCUT2D eigenvalue weighted by molar-refractivity contribution is 6.22. The second-order valence-electron chi connectivity index (χ2n) is 12.6. The number of aliphatic hydroxyl groups is 4. The molecule has 1 aliphatic heterocycles. The van der Waals surface area contributed by atoms with Crippen LogP contribution in [0.4, 0.5) is 0 Å². The van der Waals surface area contributed by atoms with Crippen LogP contribution in [-0.2, 0) is 9.47 Å². The molecule has 0 radical (unpaired) electrons. The second-order valence-corrected chi connectivity index (χ2v) is 12.6. The third-order valence-corrected chi connectivity index (χ3v) is 9.44. The van der Waals surface area contributed by atoms with Gasteiger partial charge in [0.15, 0.2) is 80.9 Å². The number of methoxy groups -OCH3 is 1. The Morgan fingerprint density at radius 2 is 0.754 bits per heavy atom. The maximum atomic E-state index is 14.9. The van der Waals surface area contributed by atoms with Crippen LogP contribution in [0, 0.1) is 0 Å². The van der Waals surface area contributed by atoms with Crippen LogP contribution in [0.1, 0.15) is 41.4 Å². The van der Waals surface area contributed by atoms with Gasteiger partial charge < -0.3 is 91.2 Å². The Balaban J connectivity index is 2.04. The molecule has 16 N–H and O–H groups in total. The standard InChI is InChI=1S/C35H30O22/c1-56-31-33(53,28(50)12-4-17(39)24(46)18(40)5-12)35(55,30(52)14-8-21(43)26(48)22(44)9-14)34(54,29(51)13-6-19(41)25(47)20(42)7-13)32(10-36,57-31)27(49)11-2-15(37)23(45)16(38)3-11/h2-9,31,36-48,53-55H,10H2,1H3/t31-,32?,33+,34-,35-/m0/s1. The van der Waals surface area contributed by atoms with Gasteiger partial charge in [-0.25, -0.2) is 0 Å². The van der Waals surface area contributed by atoms with Crippen LogP contribution in [0.15, 0.2) is 48.5 Å². The van der Waals surface area contributed by atoms with E-state index in [-0.39, 0.29) is 24.3 Å². The van der Waals surface area contributed by atoms with Gasteiger partial charge in [-0.05, 0) is 48.5 Å². The summed E-state index contributed by atoms with van der Waals surface area (Å²) in [7, 11) is 0.546. The number of carbonyl (C=O) groups is 4. The Morgan fingerprint density at radius 3 is 1.04 bits per heavy atom. The van der Waals surface area contributed by atoms with Gasteiger partial charge in [0.2, 0.25) is 39.9 Å². The monoisotopic (exact) mass is 802 g/mol. The molecule has 57 heavy (non-hydrogen) atoms. The van der Waals surface area contributed by atoms with E-state index in [4.69, 9.17) is 9.47 Å². The highest BCUT2D eigenvalue weighted by atomic mass is 16.7. The molecule has 5 rings (SSSR count). The second kappa shape index (κ2) is 13.6. The van der Waals surface area contributed by atoms with Gasteiger partial charge in [-0.15, -0.1) is 0 Å². The smallest absolute Gasteiger partial charge is 0.218 e. The van der Waals surface area contributed by atoms with Crippen molar-refractivity contribution in [3.05, 3.63) is 70.8 Å². The van der Waals surface area contributed by atoms with Crippen molar-refractivity contribution in [2.75, 3.05) is 13.7 Å². The highest BCUT2D eigenvalue weighted by Gasteiger charge is 2.86. The van der Waals surface area contributed by atoms with Gasteiger partial charge in [-0.3, -0.25) is 19.2 Å². The number of ketones is 4. The molecule has 0 spiro atoms. The molecular weight excluding hydrogens is 772 g/mol. The predicted molar refractivity (Wildman–Crippen MR) is 180 cm³/mol. The van der Waals surface area contributed by atoms with Crippen molar-refractivity contribution >= 4 is 23.1 Å². The molecule has 22 heteroatoms. The van der Waals surface area contributed by atoms with Crippen LogP contribution >= 0.6 is 0 Å². The summed E-state index contributed by atoms with van der Waals surface area (Å²) in [6, 6.07) is 2.13. The van der Waals surface area contributed by atoms with Crippen LogP contribution in [-0.4, -0.2) is 147 Å². The van der Waals surface area contributed by atoms with Crippen LogP contribution in [0.25, 0.3) is 0 Å². The van der Waals surface area contributed by atoms with E-state index < -0.39 is 150 Å². The Morgan fingerprint density at radius 1 is 0.491 bits per heavy atom. The average Bonchev–Trinajstić information content (AvgIpc) is 3.17. The Labute approximate surface area is 315 Å². The lowest BCUT2D eigenvalue weighted by Gasteiger charge is -2.61. The van der Waals surface area contributed by atoms with Crippen molar-refractivity contribution in [3.63, 3.8) is 0 Å². The fourth-order valence-corrected chi connectivity index (χ4v) is 6.52. The van der Waals surface area contributed by atoms with Gasteiger partial charge in [0.1, 0.15) is 0 Å². The molecule has 1 heterocycles. The molecule has 1 unspecified atom stereocenters. The largest absolute Gasteiger partial charge is 0.504 e. The molecule has 0 amide bonds.